The van der Waals surface area contributed by atoms with Gasteiger partial charge in [0.2, 0.25) is 0 Å². The predicted octanol–water partition coefficient (Wildman–Crippen LogP) is 4.72. The number of nitrogens with zero attached hydrogens (tertiary/aromatic N) is 3. The fraction of sp³-hybridized carbons (Fsp3) is 0.333. The number of fused-ring (bicyclic) bond motifs is 3. The van der Waals surface area contributed by atoms with Crippen LogP contribution in [0.2, 0.25) is 5.02 Å². The van der Waals surface area contributed by atoms with Crippen LogP contribution < -0.4 is 10.5 Å². The number of hydrogen-bond acceptors (Lipinski definition) is 6. The van der Waals surface area contributed by atoms with Crippen molar-refractivity contribution in [3.05, 3.63) is 76.1 Å². The van der Waals surface area contributed by atoms with Crippen molar-refractivity contribution in [1.82, 2.24) is 19.7 Å². The van der Waals surface area contributed by atoms with Gasteiger partial charge in [-0.05, 0) is 54.8 Å². The molecular formula is C27H30ClN5O4. The number of amides is 1. The number of H-pyrrole nitrogens is 1. The van der Waals surface area contributed by atoms with E-state index < -0.39 is 0 Å². The maximum Gasteiger partial charge on any atom is 0.410 e. The van der Waals surface area contributed by atoms with Crippen molar-refractivity contribution < 1.29 is 19.0 Å². The Balaban J connectivity index is 1.39. The zero-order valence-corrected chi connectivity index (χ0v) is 21.6. The second kappa shape index (κ2) is 10.7. The smallest absolute Gasteiger partial charge is 0.410 e. The summed E-state index contributed by atoms with van der Waals surface area (Å²) < 4.78 is 18.3. The molecule has 0 radical (unpaired) electrons. The Morgan fingerprint density at radius 2 is 1.97 bits per heavy atom. The summed E-state index contributed by atoms with van der Waals surface area (Å²) in [7, 11) is 1.58. The van der Waals surface area contributed by atoms with Gasteiger partial charge in [-0.25, -0.2) is 4.79 Å². The third-order valence-corrected chi connectivity index (χ3v) is 6.84. The molecule has 3 N–H and O–H groups in total. The molecular weight excluding hydrogens is 494 g/mol. The Hall–Kier alpha value is -3.69. The molecule has 37 heavy (non-hydrogen) atoms. The standard InChI is InChI=1S/C27H30ClN5O4/c1-17-15-24(29)31-33(17)11-12-36-20-6-3-18(4-7-20)26-25-21(22-16-19(28)5-8-23(22)30-25)9-10-32(26)27(34)37-14-13-35-2/h3-8,15-16,26,30H,9-14H2,1-2H3,(H2,29,31). The number of ether oxygens (including phenoxy) is 3. The number of carbonyl (C=O) groups excluding carboxylic acids is 1. The summed E-state index contributed by atoms with van der Waals surface area (Å²) in [5.74, 6) is 1.23. The lowest BCUT2D eigenvalue weighted by atomic mass is 9.92. The van der Waals surface area contributed by atoms with Crippen LogP contribution in [0.3, 0.4) is 0 Å². The van der Waals surface area contributed by atoms with Crippen molar-refractivity contribution in [2.24, 2.45) is 0 Å². The third kappa shape index (κ3) is 5.23. The molecule has 1 atom stereocenters. The maximum absolute atomic E-state index is 13.1. The van der Waals surface area contributed by atoms with Gasteiger partial charge in [-0.3, -0.25) is 9.58 Å². The SMILES string of the molecule is COCCOC(=O)N1CCc2c([nH]c3ccc(Cl)cc23)C1c1ccc(OCCn2nc(N)cc2C)cc1. The van der Waals surface area contributed by atoms with Gasteiger partial charge in [0.05, 0.1) is 13.2 Å². The molecule has 3 heterocycles. The number of benzene rings is 2. The largest absolute Gasteiger partial charge is 0.492 e. The molecule has 1 amide bonds. The molecule has 0 saturated heterocycles. The van der Waals surface area contributed by atoms with E-state index in [4.69, 9.17) is 31.5 Å². The number of carbonyl (C=O) groups is 1. The number of nitrogens with one attached hydrogen (secondary N) is 1. The topological polar surface area (TPSA) is 108 Å². The quantitative estimate of drug-likeness (QED) is 0.324. The zero-order valence-electron chi connectivity index (χ0n) is 20.9. The van der Waals surface area contributed by atoms with E-state index in [1.54, 1.807) is 12.0 Å². The summed E-state index contributed by atoms with van der Waals surface area (Å²) >= 11 is 6.29. The summed E-state index contributed by atoms with van der Waals surface area (Å²) in [6, 6.07) is 15.1. The number of anilines is 1. The van der Waals surface area contributed by atoms with Gasteiger partial charge in [-0.1, -0.05) is 23.7 Å². The van der Waals surface area contributed by atoms with Crippen molar-refractivity contribution in [2.75, 3.05) is 39.2 Å². The maximum atomic E-state index is 13.1. The molecule has 1 unspecified atom stereocenters. The number of nitrogen functional groups attached to an aromatic ring is 1. The summed E-state index contributed by atoms with van der Waals surface area (Å²) in [6.45, 7) is 4.07. The number of aromatic nitrogens is 3. The number of methoxy groups -OCH3 is 1. The number of nitrogens with two attached hydrogens (primary N) is 1. The normalized spacial score (nSPS) is 15.1. The minimum absolute atomic E-state index is 0.196. The van der Waals surface area contributed by atoms with Gasteiger partial charge in [-0.2, -0.15) is 5.10 Å². The van der Waals surface area contributed by atoms with E-state index in [0.717, 1.165) is 39.2 Å². The molecule has 2 aromatic heterocycles. The summed E-state index contributed by atoms with van der Waals surface area (Å²) in [5.41, 5.74) is 10.8. The molecule has 2 aromatic carbocycles. The van der Waals surface area contributed by atoms with Crippen molar-refractivity contribution in [3.63, 3.8) is 0 Å². The van der Waals surface area contributed by atoms with Crippen LogP contribution in [0.5, 0.6) is 5.75 Å². The molecule has 0 fully saturated rings. The van der Waals surface area contributed by atoms with Crippen molar-refractivity contribution in [3.8, 4) is 5.75 Å². The van der Waals surface area contributed by atoms with E-state index in [2.05, 4.69) is 10.1 Å². The molecule has 0 spiro atoms. The van der Waals surface area contributed by atoms with Crippen molar-refractivity contribution in [1.29, 1.82) is 0 Å². The lowest BCUT2D eigenvalue weighted by Crippen LogP contribution is -2.41. The molecule has 0 aliphatic carbocycles. The Bertz CT molecular complexity index is 1400. The molecule has 4 aromatic rings. The van der Waals surface area contributed by atoms with Crippen molar-refractivity contribution >= 4 is 34.4 Å². The molecule has 1 aliphatic rings. The molecule has 9 nitrogen and oxygen atoms in total. The van der Waals surface area contributed by atoms with Gasteiger partial charge < -0.3 is 24.9 Å². The molecule has 5 rings (SSSR count). The van der Waals surface area contributed by atoms with E-state index in [0.29, 0.717) is 43.6 Å². The average Bonchev–Trinajstić information content (AvgIpc) is 3.42. The molecule has 0 bridgehead atoms. The Morgan fingerprint density at radius 3 is 2.70 bits per heavy atom. The Labute approximate surface area is 220 Å². The molecule has 194 valence electrons. The predicted molar refractivity (Wildman–Crippen MR) is 142 cm³/mol. The number of aromatic amines is 1. The van der Waals surface area contributed by atoms with Crippen LogP contribution >= 0.6 is 11.6 Å². The van der Waals surface area contributed by atoms with E-state index in [-0.39, 0.29) is 18.7 Å². The number of hydrogen-bond donors (Lipinski definition) is 2. The minimum Gasteiger partial charge on any atom is -0.492 e. The first kappa shape index (κ1) is 25.0. The average molecular weight is 524 g/mol. The van der Waals surface area contributed by atoms with Crippen LogP contribution in [0.25, 0.3) is 10.9 Å². The van der Waals surface area contributed by atoms with Crippen LogP contribution in [0.4, 0.5) is 10.6 Å². The summed E-state index contributed by atoms with van der Waals surface area (Å²) in [5, 5.41) is 6.02. The monoisotopic (exact) mass is 523 g/mol. The lowest BCUT2D eigenvalue weighted by Gasteiger charge is -2.35. The van der Waals surface area contributed by atoms with Crippen LogP contribution in [0.1, 0.15) is 28.6 Å². The van der Waals surface area contributed by atoms with Gasteiger partial charge in [-0.15, -0.1) is 0 Å². The van der Waals surface area contributed by atoms with Crippen LogP contribution in [0, 0.1) is 6.92 Å². The van der Waals surface area contributed by atoms with E-state index >= 15 is 0 Å². The van der Waals surface area contributed by atoms with Crippen molar-refractivity contribution in [2.45, 2.75) is 25.9 Å². The fourth-order valence-electron chi connectivity index (χ4n) is 4.86. The van der Waals surface area contributed by atoms with E-state index in [1.807, 2.05) is 60.1 Å². The molecule has 10 heteroatoms. The van der Waals surface area contributed by atoms with Gasteiger partial charge in [0.25, 0.3) is 0 Å². The van der Waals surface area contributed by atoms with Gasteiger partial charge >= 0.3 is 6.09 Å². The van der Waals surface area contributed by atoms with E-state index in [1.165, 1.54) is 0 Å². The lowest BCUT2D eigenvalue weighted by molar-refractivity contribution is 0.0629. The van der Waals surface area contributed by atoms with Gasteiger partial charge in [0.1, 0.15) is 30.8 Å². The minimum atomic E-state index is -0.376. The zero-order chi connectivity index (χ0) is 25.9. The molecule has 1 aliphatic heterocycles. The highest BCUT2D eigenvalue weighted by molar-refractivity contribution is 6.31. The van der Waals surface area contributed by atoms with Crippen LogP contribution in [-0.4, -0.2) is 59.2 Å². The highest BCUT2D eigenvalue weighted by Crippen LogP contribution is 2.39. The Morgan fingerprint density at radius 1 is 1.16 bits per heavy atom. The van der Waals surface area contributed by atoms with Crippen LogP contribution in [0.15, 0.2) is 48.5 Å². The number of rotatable bonds is 8. The third-order valence-electron chi connectivity index (χ3n) is 6.60. The number of aryl methyl sites for hydroxylation is 1. The Kier molecular flexibility index (Phi) is 7.25. The van der Waals surface area contributed by atoms with Gasteiger partial charge in [0, 0.05) is 47.0 Å². The second-order valence-electron chi connectivity index (χ2n) is 9.01. The molecule has 0 saturated carbocycles. The summed E-state index contributed by atoms with van der Waals surface area (Å²) in [6.07, 6.45) is 0.322. The number of halogens is 1. The van der Waals surface area contributed by atoms with Gasteiger partial charge in [0.15, 0.2) is 0 Å². The highest BCUT2D eigenvalue weighted by atomic mass is 35.5. The first-order chi connectivity index (χ1) is 17.9. The van der Waals surface area contributed by atoms with Crippen LogP contribution in [-0.2, 0) is 22.4 Å². The highest BCUT2D eigenvalue weighted by Gasteiger charge is 2.35. The summed E-state index contributed by atoms with van der Waals surface area (Å²) in [4.78, 5) is 18.4. The first-order valence-corrected chi connectivity index (χ1v) is 12.6. The fourth-order valence-corrected chi connectivity index (χ4v) is 5.03. The first-order valence-electron chi connectivity index (χ1n) is 12.2. The second-order valence-corrected chi connectivity index (χ2v) is 9.45. The van der Waals surface area contributed by atoms with E-state index in [9.17, 15) is 4.79 Å².